The molecule has 0 aromatic heterocycles. The lowest BCUT2D eigenvalue weighted by atomic mass is 10.1. The third-order valence-corrected chi connectivity index (χ3v) is 5.87. The molecule has 5 nitrogen and oxygen atoms in total. The molecule has 112 valence electrons. The Hall–Kier alpha value is -1.11. The predicted molar refractivity (Wildman–Crippen MR) is 78.4 cm³/mol. The highest BCUT2D eigenvalue weighted by Crippen LogP contribution is 2.23. The van der Waals surface area contributed by atoms with Gasteiger partial charge in [-0.25, -0.2) is 8.42 Å². The Labute approximate surface area is 121 Å². The number of methoxy groups -OCH3 is 1. The number of piperazine rings is 1. The van der Waals surface area contributed by atoms with Crippen molar-refractivity contribution in [2.45, 2.75) is 30.8 Å². The predicted octanol–water partition coefficient (Wildman–Crippen LogP) is 1.41. The molecule has 6 heteroatoms. The number of benzene rings is 1. The lowest BCUT2D eigenvalue weighted by molar-refractivity contribution is 0.105. The number of rotatable bonds is 3. The summed E-state index contributed by atoms with van der Waals surface area (Å²) < 4.78 is 31.9. The first-order valence-corrected chi connectivity index (χ1v) is 8.16. The van der Waals surface area contributed by atoms with Crippen molar-refractivity contribution in [1.29, 1.82) is 0 Å². The van der Waals surface area contributed by atoms with Crippen LogP contribution in [-0.4, -0.2) is 57.0 Å². The second kappa shape index (κ2) is 5.71. The quantitative estimate of drug-likeness (QED) is 0.846. The van der Waals surface area contributed by atoms with Crippen LogP contribution in [0, 0.1) is 0 Å². The summed E-state index contributed by atoms with van der Waals surface area (Å²) in [5, 5.41) is 0. The highest BCUT2D eigenvalue weighted by atomic mass is 32.2. The molecule has 20 heavy (non-hydrogen) atoms. The van der Waals surface area contributed by atoms with Crippen LogP contribution in [0.5, 0.6) is 5.75 Å². The fourth-order valence-electron chi connectivity index (χ4n) is 2.45. The average molecular weight is 298 g/mol. The first-order valence-electron chi connectivity index (χ1n) is 6.72. The molecule has 0 saturated carbocycles. The lowest BCUT2D eigenvalue weighted by Gasteiger charge is -2.41. The maximum atomic E-state index is 12.7. The van der Waals surface area contributed by atoms with E-state index in [1.165, 1.54) is 0 Å². The molecule has 0 bridgehead atoms. The van der Waals surface area contributed by atoms with E-state index >= 15 is 0 Å². The minimum atomic E-state index is -3.43. The van der Waals surface area contributed by atoms with Crippen molar-refractivity contribution in [2.24, 2.45) is 0 Å². The molecule has 2 rings (SSSR count). The molecule has 0 aliphatic carbocycles. The van der Waals surface area contributed by atoms with E-state index in [2.05, 4.69) is 4.90 Å². The number of hydrogen-bond acceptors (Lipinski definition) is 4. The van der Waals surface area contributed by atoms with Crippen LogP contribution in [0.1, 0.15) is 13.8 Å². The molecule has 1 aliphatic rings. The Morgan fingerprint density at radius 2 is 1.60 bits per heavy atom. The highest BCUT2D eigenvalue weighted by Gasteiger charge is 2.34. The summed E-state index contributed by atoms with van der Waals surface area (Å²) in [5.74, 6) is 0.657. The van der Waals surface area contributed by atoms with Gasteiger partial charge in [-0.3, -0.25) is 4.90 Å². The number of hydrogen-bond donors (Lipinski definition) is 0. The van der Waals surface area contributed by atoms with Crippen molar-refractivity contribution in [3.8, 4) is 5.75 Å². The van der Waals surface area contributed by atoms with Gasteiger partial charge in [-0.05, 0) is 45.2 Å². The highest BCUT2D eigenvalue weighted by molar-refractivity contribution is 7.89. The van der Waals surface area contributed by atoms with Crippen LogP contribution in [0.4, 0.5) is 0 Å². The summed E-state index contributed by atoms with van der Waals surface area (Å²) in [7, 11) is 0.172. The van der Waals surface area contributed by atoms with Crippen LogP contribution >= 0.6 is 0 Å². The molecule has 0 N–H and O–H groups in total. The maximum Gasteiger partial charge on any atom is 0.243 e. The van der Waals surface area contributed by atoms with E-state index in [1.807, 2.05) is 20.9 Å². The maximum absolute atomic E-state index is 12.7. The van der Waals surface area contributed by atoms with Crippen molar-refractivity contribution in [2.75, 3.05) is 27.2 Å². The fourth-order valence-corrected chi connectivity index (χ4v) is 4.05. The number of nitrogens with zero attached hydrogens (tertiary/aromatic N) is 2. The van der Waals surface area contributed by atoms with Gasteiger partial charge in [-0.1, -0.05) is 0 Å². The molecular formula is C14H22N2O3S. The summed E-state index contributed by atoms with van der Waals surface area (Å²) in [6, 6.07) is 6.98. The van der Waals surface area contributed by atoms with Gasteiger partial charge >= 0.3 is 0 Å². The van der Waals surface area contributed by atoms with E-state index < -0.39 is 10.0 Å². The molecule has 0 amide bonds. The summed E-state index contributed by atoms with van der Waals surface area (Å²) in [5.41, 5.74) is 0. The van der Waals surface area contributed by atoms with Crippen molar-refractivity contribution in [1.82, 2.24) is 9.21 Å². The largest absolute Gasteiger partial charge is 0.497 e. The van der Waals surface area contributed by atoms with Crippen molar-refractivity contribution >= 4 is 10.0 Å². The third kappa shape index (κ3) is 2.82. The molecule has 1 fully saturated rings. The van der Waals surface area contributed by atoms with E-state index in [9.17, 15) is 8.42 Å². The normalized spacial score (nSPS) is 25.6. The van der Waals surface area contributed by atoms with E-state index in [-0.39, 0.29) is 12.1 Å². The minimum absolute atomic E-state index is 0.215. The summed E-state index contributed by atoms with van der Waals surface area (Å²) in [6.07, 6.45) is 0. The van der Waals surface area contributed by atoms with Crippen LogP contribution in [0.15, 0.2) is 29.2 Å². The number of ether oxygens (including phenoxy) is 1. The van der Waals surface area contributed by atoms with E-state index in [1.54, 1.807) is 35.7 Å². The van der Waals surface area contributed by atoms with Crippen molar-refractivity contribution < 1.29 is 13.2 Å². The zero-order valence-corrected chi connectivity index (χ0v) is 13.2. The fraction of sp³-hybridized carbons (Fsp3) is 0.571. The Kier molecular flexibility index (Phi) is 4.36. The molecule has 1 saturated heterocycles. The van der Waals surface area contributed by atoms with Crippen molar-refractivity contribution in [3.63, 3.8) is 0 Å². The van der Waals surface area contributed by atoms with Gasteiger partial charge < -0.3 is 4.74 Å². The van der Waals surface area contributed by atoms with Gasteiger partial charge in [0, 0.05) is 25.2 Å². The first-order chi connectivity index (χ1) is 9.36. The van der Waals surface area contributed by atoms with Crippen LogP contribution in [-0.2, 0) is 10.0 Å². The average Bonchev–Trinajstić information content (AvgIpc) is 2.44. The molecule has 1 aliphatic heterocycles. The van der Waals surface area contributed by atoms with Gasteiger partial charge in [0.1, 0.15) is 5.75 Å². The van der Waals surface area contributed by atoms with Crippen LogP contribution in [0.2, 0.25) is 0 Å². The molecule has 1 aromatic carbocycles. The standard InChI is InChI=1S/C14H22N2O3S/c1-11-9-16(10-12(2)15(11)3)20(17,18)14-7-5-13(19-4)6-8-14/h5-8,11-12H,9-10H2,1-4H3. The second-order valence-corrected chi connectivity index (χ2v) is 7.30. The van der Waals surface area contributed by atoms with Gasteiger partial charge in [-0.2, -0.15) is 4.31 Å². The van der Waals surface area contributed by atoms with E-state index in [0.29, 0.717) is 23.7 Å². The molecule has 2 atom stereocenters. The number of sulfonamides is 1. The Balaban J connectivity index is 2.25. The lowest BCUT2D eigenvalue weighted by Crippen LogP contribution is -2.56. The zero-order valence-electron chi connectivity index (χ0n) is 12.4. The van der Waals surface area contributed by atoms with Gasteiger partial charge in [0.25, 0.3) is 0 Å². The second-order valence-electron chi connectivity index (χ2n) is 5.36. The topological polar surface area (TPSA) is 49.9 Å². The number of likely N-dealkylation sites (N-methyl/N-ethyl adjacent to an activating group) is 1. The summed E-state index contributed by atoms with van der Waals surface area (Å²) >= 11 is 0. The molecule has 0 radical (unpaired) electrons. The van der Waals surface area contributed by atoms with E-state index in [4.69, 9.17) is 4.74 Å². The smallest absolute Gasteiger partial charge is 0.243 e. The first kappa shape index (κ1) is 15.3. The monoisotopic (exact) mass is 298 g/mol. The zero-order chi connectivity index (χ0) is 14.9. The molecule has 0 spiro atoms. The SMILES string of the molecule is COc1ccc(S(=O)(=O)N2CC(C)N(C)C(C)C2)cc1. The summed E-state index contributed by atoms with van der Waals surface area (Å²) in [4.78, 5) is 2.53. The van der Waals surface area contributed by atoms with Crippen LogP contribution in [0.3, 0.4) is 0 Å². The molecular weight excluding hydrogens is 276 g/mol. The van der Waals surface area contributed by atoms with Gasteiger partial charge in [0.2, 0.25) is 10.0 Å². The van der Waals surface area contributed by atoms with Crippen LogP contribution in [0.25, 0.3) is 0 Å². The molecule has 1 heterocycles. The Morgan fingerprint density at radius 1 is 1.10 bits per heavy atom. The van der Waals surface area contributed by atoms with E-state index in [0.717, 1.165) is 0 Å². The van der Waals surface area contributed by atoms with Gasteiger partial charge in [-0.15, -0.1) is 0 Å². The minimum Gasteiger partial charge on any atom is -0.497 e. The Morgan fingerprint density at radius 3 is 2.05 bits per heavy atom. The third-order valence-electron chi connectivity index (χ3n) is 4.02. The Bertz CT molecular complexity index is 544. The summed E-state index contributed by atoms with van der Waals surface area (Å²) in [6.45, 7) is 5.14. The van der Waals surface area contributed by atoms with Gasteiger partial charge in [0.15, 0.2) is 0 Å². The van der Waals surface area contributed by atoms with Crippen molar-refractivity contribution in [3.05, 3.63) is 24.3 Å². The van der Waals surface area contributed by atoms with Crippen LogP contribution < -0.4 is 4.74 Å². The van der Waals surface area contributed by atoms with Gasteiger partial charge in [0.05, 0.1) is 12.0 Å². The molecule has 2 unspecified atom stereocenters. The molecule has 1 aromatic rings.